The fourth-order valence-electron chi connectivity index (χ4n) is 4.99. The van der Waals surface area contributed by atoms with Gasteiger partial charge >= 0.3 is 0 Å². The molecule has 0 saturated carbocycles. The first-order valence-corrected chi connectivity index (χ1v) is 11.9. The maximum atomic E-state index is 13.5. The quantitative estimate of drug-likeness (QED) is 0.245. The van der Waals surface area contributed by atoms with E-state index in [1.165, 1.54) is 18.0 Å². The van der Waals surface area contributed by atoms with E-state index in [1.54, 1.807) is 17.0 Å². The number of aromatic amines is 1. The van der Waals surface area contributed by atoms with Gasteiger partial charge in [-0.25, -0.2) is 0 Å². The molecule has 35 heavy (non-hydrogen) atoms. The topological polar surface area (TPSA) is 83.1 Å². The first-order chi connectivity index (χ1) is 17.0. The van der Waals surface area contributed by atoms with Gasteiger partial charge < -0.3 is 9.88 Å². The van der Waals surface area contributed by atoms with Gasteiger partial charge in [0.05, 0.1) is 6.04 Å². The van der Waals surface area contributed by atoms with Gasteiger partial charge in [-0.15, -0.1) is 0 Å². The van der Waals surface area contributed by atoms with Crippen LogP contribution in [-0.4, -0.2) is 38.9 Å². The number of pyridine rings is 1. The first-order valence-electron chi connectivity index (χ1n) is 11.9. The zero-order valence-corrected chi connectivity index (χ0v) is 19.8. The van der Waals surface area contributed by atoms with Crippen LogP contribution in [0.5, 0.6) is 0 Å². The van der Waals surface area contributed by atoms with Crippen LogP contribution < -0.4 is 0 Å². The number of fused-ring (bicyclic) bond motifs is 1. The highest BCUT2D eigenvalue weighted by molar-refractivity contribution is 6.44. The SMILES string of the molecule is CCc1ccc(C2C(C(=O)c3ccncc3)C(=O)C(=O)N2CCc2c[nH]c3cc(C)ccc23)cc1. The molecular formula is C29H27N3O3. The van der Waals surface area contributed by atoms with Crippen LogP contribution in [-0.2, 0) is 22.4 Å². The van der Waals surface area contributed by atoms with Crippen molar-refractivity contribution in [3.8, 4) is 0 Å². The number of amides is 1. The minimum atomic E-state index is -1.08. The zero-order valence-electron chi connectivity index (χ0n) is 19.8. The van der Waals surface area contributed by atoms with Crippen molar-refractivity contribution in [3.63, 3.8) is 0 Å². The Morgan fingerprint density at radius 1 is 1.03 bits per heavy atom. The Morgan fingerprint density at radius 2 is 1.77 bits per heavy atom. The molecule has 0 aliphatic carbocycles. The lowest BCUT2D eigenvalue weighted by Crippen LogP contribution is -2.32. The molecule has 2 aromatic carbocycles. The molecule has 0 bridgehead atoms. The maximum Gasteiger partial charge on any atom is 0.291 e. The smallest absolute Gasteiger partial charge is 0.291 e. The summed E-state index contributed by atoms with van der Waals surface area (Å²) in [5, 5.41) is 1.10. The molecule has 1 N–H and O–H groups in total. The number of nitrogens with zero attached hydrogens (tertiary/aromatic N) is 2. The van der Waals surface area contributed by atoms with Gasteiger partial charge in [-0.3, -0.25) is 19.4 Å². The molecule has 1 saturated heterocycles. The Labute approximate surface area is 204 Å². The number of aromatic nitrogens is 2. The average Bonchev–Trinajstić information content (AvgIpc) is 3.40. The molecule has 2 atom stereocenters. The van der Waals surface area contributed by atoms with E-state index in [-0.39, 0.29) is 5.78 Å². The van der Waals surface area contributed by atoms with E-state index in [0.717, 1.165) is 34.0 Å². The summed E-state index contributed by atoms with van der Waals surface area (Å²) in [4.78, 5) is 48.8. The molecule has 176 valence electrons. The van der Waals surface area contributed by atoms with Crippen molar-refractivity contribution in [3.05, 3.63) is 101 Å². The largest absolute Gasteiger partial charge is 0.361 e. The van der Waals surface area contributed by atoms with E-state index in [4.69, 9.17) is 0 Å². The second-order valence-electron chi connectivity index (χ2n) is 9.09. The molecule has 6 heteroatoms. The van der Waals surface area contributed by atoms with Gasteiger partial charge in [0.15, 0.2) is 5.78 Å². The zero-order chi connectivity index (χ0) is 24.5. The van der Waals surface area contributed by atoms with Gasteiger partial charge in [-0.1, -0.05) is 43.3 Å². The van der Waals surface area contributed by atoms with Crippen LogP contribution in [0.4, 0.5) is 0 Å². The molecule has 1 amide bonds. The van der Waals surface area contributed by atoms with Crippen molar-refractivity contribution >= 4 is 28.4 Å². The van der Waals surface area contributed by atoms with Crippen molar-refractivity contribution in [2.24, 2.45) is 5.92 Å². The molecule has 1 aliphatic heterocycles. The molecule has 0 spiro atoms. The van der Waals surface area contributed by atoms with Gasteiger partial charge in [0.2, 0.25) is 5.78 Å². The van der Waals surface area contributed by atoms with Crippen LogP contribution in [0, 0.1) is 12.8 Å². The third-order valence-corrected chi connectivity index (χ3v) is 6.93. The van der Waals surface area contributed by atoms with Gasteiger partial charge in [0, 0.05) is 41.6 Å². The summed E-state index contributed by atoms with van der Waals surface area (Å²) in [5.41, 5.74) is 5.62. The standard InChI is InChI=1S/C29H27N3O3/c1-3-19-5-7-20(8-6-19)26-25(27(33)21-10-13-30-14-11-21)28(34)29(35)32(26)15-12-22-17-31-24-16-18(2)4-9-23(22)24/h4-11,13-14,16-17,25-26,31H,3,12,15H2,1-2H3. The van der Waals surface area contributed by atoms with E-state index < -0.39 is 23.7 Å². The van der Waals surface area contributed by atoms with E-state index in [9.17, 15) is 14.4 Å². The number of nitrogens with one attached hydrogen (secondary N) is 1. The number of carbonyl (C=O) groups is 3. The minimum Gasteiger partial charge on any atom is -0.361 e. The Kier molecular flexibility index (Phi) is 6.03. The third kappa shape index (κ3) is 4.16. The van der Waals surface area contributed by atoms with Gasteiger partial charge in [0.25, 0.3) is 5.91 Å². The number of rotatable bonds is 7. The first kappa shape index (κ1) is 22.7. The number of Topliss-reactive ketones (excluding diaryl/α,β-unsaturated/α-hetero) is 2. The summed E-state index contributed by atoms with van der Waals surface area (Å²) in [6.07, 6.45) is 6.46. The van der Waals surface area contributed by atoms with Crippen molar-refractivity contribution < 1.29 is 14.4 Å². The van der Waals surface area contributed by atoms with Gasteiger partial charge in [0.1, 0.15) is 5.92 Å². The Hall–Kier alpha value is -4.06. The van der Waals surface area contributed by atoms with Crippen molar-refractivity contribution in [2.75, 3.05) is 6.54 Å². The van der Waals surface area contributed by atoms with Crippen LogP contribution in [0.2, 0.25) is 0 Å². The second kappa shape index (κ2) is 9.29. The Bertz CT molecular complexity index is 1410. The van der Waals surface area contributed by atoms with E-state index >= 15 is 0 Å². The van der Waals surface area contributed by atoms with Crippen LogP contribution in [0.3, 0.4) is 0 Å². The van der Waals surface area contributed by atoms with Crippen LogP contribution in [0.25, 0.3) is 10.9 Å². The number of benzene rings is 2. The number of ketones is 2. The summed E-state index contributed by atoms with van der Waals surface area (Å²) >= 11 is 0. The molecule has 2 aromatic heterocycles. The summed E-state index contributed by atoms with van der Waals surface area (Å²) in [5.74, 6) is -2.67. The fourth-order valence-corrected chi connectivity index (χ4v) is 4.99. The lowest BCUT2D eigenvalue weighted by molar-refractivity contribution is -0.140. The number of hydrogen-bond donors (Lipinski definition) is 1. The van der Waals surface area contributed by atoms with E-state index in [0.29, 0.717) is 18.5 Å². The fraction of sp³-hybridized carbons (Fsp3) is 0.241. The third-order valence-electron chi connectivity index (χ3n) is 6.93. The summed E-state index contributed by atoms with van der Waals surface area (Å²) < 4.78 is 0. The minimum absolute atomic E-state index is 0.339. The molecular weight excluding hydrogens is 438 g/mol. The predicted octanol–water partition coefficient (Wildman–Crippen LogP) is 4.63. The number of hydrogen-bond acceptors (Lipinski definition) is 4. The number of carbonyl (C=O) groups excluding carboxylic acids is 3. The monoisotopic (exact) mass is 465 g/mol. The van der Waals surface area contributed by atoms with Crippen molar-refractivity contribution in [1.29, 1.82) is 0 Å². The maximum absolute atomic E-state index is 13.5. The highest BCUT2D eigenvalue weighted by atomic mass is 16.2. The molecule has 1 fully saturated rings. The lowest BCUT2D eigenvalue weighted by atomic mass is 9.86. The van der Waals surface area contributed by atoms with E-state index in [2.05, 4.69) is 35.1 Å². The average molecular weight is 466 g/mol. The molecule has 4 aromatic rings. The molecule has 3 heterocycles. The van der Waals surface area contributed by atoms with Gasteiger partial charge in [-0.05, 0) is 60.2 Å². The highest BCUT2D eigenvalue weighted by Gasteiger charge is 2.51. The van der Waals surface area contributed by atoms with Crippen molar-refractivity contribution in [2.45, 2.75) is 32.7 Å². The number of likely N-dealkylation sites (tertiary alicyclic amines) is 1. The second-order valence-corrected chi connectivity index (χ2v) is 9.09. The van der Waals surface area contributed by atoms with Crippen LogP contribution >= 0.6 is 0 Å². The predicted molar refractivity (Wildman–Crippen MR) is 134 cm³/mol. The Balaban J connectivity index is 1.50. The molecule has 0 radical (unpaired) electrons. The molecule has 5 rings (SSSR count). The molecule has 1 aliphatic rings. The van der Waals surface area contributed by atoms with Crippen LogP contribution in [0.1, 0.15) is 45.6 Å². The molecule has 6 nitrogen and oxygen atoms in total. The van der Waals surface area contributed by atoms with Crippen LogP contribution in [0.15, 0.2) is 73.2 Å². The summed E-state index contributed by atoms with van der Waals surface area (Å²) in [7, 11) is 0. The number of H-pyrrole nitrogens is 1. The number of aryl methyl sites for hydroxylation is 2. The normalized spacial score (nSPS) is 17.9. The van der Waals surface area contributed by atoms with E-state index in [1.807, 2.05) is 37.4 Å². The van der Waals surface area contributed by atoms with Gasteiger partial charge in [-0.2, -0.15) is 0 Å². The molecule has 2 unspecified atom stereocenters. The Morgan fingerprint density at radius 3 is 2.49 bits per heavy atom. The summed E-state index contributed by atoms with van der Waals surface area (Å²) in [6, 6.07) is 16.6. The lowest BCUT2D eigenvalue weighted by Gasteiger charge is -2.27. The van der Waals surface area contributed by atoms with Crippen molar-refractivity contribution in [1.82, 2.24) is 14.9 Å². The highest BCUT2D eigenvalue weighted by Crippen LogP contribution is 2.38. The summed E-state index contributed by atoms with van der Waals surface area (Å²) in [6.45, 7) is 4.46.